The van der Waals surface area contributed by atoms with Gasteiger partial charge in [-0.1, -0.05) is 24.3 Å². The zero-order chi connectivity index (χ0) is 20.7. The van der Waals surface area contributed by atoms with Gasteiger partial charge in [-0.2, -0.15) is 13.2 Å². The molecular formula is C19H18F3NO4S. The van der Waals surface area contributed by atoms with E-state index in [1.165, 1.54) is 6.07 Å². The topological polar surface area (TPSA) is 72.5 Å². The number of halogens is 3. The number of nitrogens with one attached hydrogen (secondary N) is 1. The van der Waals surface area contributed by atoms with Crippen LogP contribution in [0.15, 0.2) is 59.5 Å². The van der Waals surface area contributed by atoms with E-state index in [0.717, 1.165) is 19.2 Å². The molecule has 150 valence electrons. The lowest BCUT2D eigenvalue weighted by Crippen LogP contribution is -2.42. The number of esters is 1. The highest BCUT2D eigenvalue weighted by Crippen LogP contribution is 2.29. The summed E-state index contributed by atoms with van der Waals surface area (Å²) in [5.74, 6) is -1.57. The predicted molar refractivity (Wildman–Crippen MR) is 97.0 cm³/mol. The molecule has 1 amide bonds. The van der Waals surface area contributed by atoms with Gasteiger partial charge in [-0.3, -0.25) is 9.00 Å². The first kappa shape index (κ1) is 21.6. The number of rotatable bonds is 7. The van der Waals surface area contributed by atoms with Gasteiger partial charge in [0.05, 0.1) is 23.5 Å². The molecule has 28 heavy (non-hydrogen) atoms. The fourth-order valence-electron chi connectivity index (χ4n) is 2.38. The Hall–Kier alpha value is -2.68. The summed E-state index contributed by atoms with van der Waals surface area (Å²) in [6.07, 6.45) is -4.59. The van der Waals surface area contributed by atoms with Crippen LogP contribution in [0.5, 0.6) is 0 Å². The molecule has 0 unspecified atom stereocenters. The van der Waals surface area contributed by atoms with Crippen molar-refractivity contribution in [3.8, 4) is 0 Å². The quantitative estimate of drug-likeness (QED) is 0.708. The summed E-state index contributed by atoms with van der Waals surface area (Å²) in [6, 6.07) is 11.3. The molecule has 2 aromatic rings. The number of alkyl halides is 3. The van der Waals surface area contributed by atoms with Crippen molar-refractivity contribution in [3.05, 3.63) is 65.7 Å². The zero-order valence-corrected chi connectivity index (χ0v) is 15.7. The van der Waals surface area contributed by atoms with Gasteiger partial charge in [0.25, 0.3) is 5.91 Å². The third-order valence-corrected chi connectivity index (χ3v) is 5.25. The molecule has 0 fully saturated rings. The molecule has 0 aliphatic heterocycles. The van der Waals surface area contributed by atoms with Gasteiger partial charge in [0.1, 0.15) is 6.04 Å². The van der Waals surface area contributed by atoms with Gasteiger partial charge in [0, 0.05) is 16.2 Å². The van der Waals surface area contributed by atoms with Crippen molar-refractivity contribution >= 4 is 22.7 Å². The lowest BCUT2D eigenvalue weighted by atomic mass is 10.1. The van der Waals surface area contributed by atoms with Gasteiger partial charge < -0.3 is 10.1 Å². The van der Waals surface area contributed by atoms with Crippen LogP contribution in [0.1, 0.15) is 22.3 Å². The van der Waals surface area contributed by atoms with Crippen LogP contribution in [0.4, 0.5) is 13.2 Å². The summed E-state index contributed by atoms with van der Waals surface area (Å²) in [5.41, 5.74) is -1.21. The van der Waals surface area contributed by atoms with E-state index in [0.29, 0.717) is 11.0 Å². The first-order chi connectivity index (χ1) is 13.2. The number of benzene rings is 2. The lowest BCUT2D eigenvalue weighted by molar-refractivity contribution is -0.143. The molecule has 2 atom stereocenters. The summed E-state index contributed by atoms with van der Waals surface area (Å²) >= 11 is 0. The van der Waals surface area contributed by atoms with E-state index in [1.54, 1.807) is 30.3 Å². The van der Waals surface area contributed by atoms with Crippen LogP contribution in [0.2, 0.25) is 0 Å². The molecule has 0 aliphatic carbocycles. The van der Waals surface area contributed by atoms with Crippen LogP contribution in [0.25, 0.3) is 0 Å². The average molecular weight is 413 g/mol. The molecular weight excluding hydrogens is 395 g/mol. The Morgan fingerprint density at radius 2 is 1.79 bits per heavy atom. The second-order valence-corrected chi connectivity index (χ2v) is 7.35. The Kier molecular flexibility index (Phi) is 7.33. The number of ether oxygens (including phenoxy) is 1. The molecule has 0 bridgehead atoms. The van der Waals surface area contributed by atoms with Crippen molar-refractivity contribution < 1.29 is 31.7 Å². The van der Waals surface area contributed by atoms with Gasteiger partial charge in [-0.05, 0) is 36.8 Å². The minimum Gasteiger partial charge on any atom is -0.467 e. The van der Waals surface area contributed by atoms with Gasteiger partial charge in [0.2, 0.25) is 0 Å². The van der Waals surface area contributed by atoms with Crippen molar-refractivity contribution in [1.82, 2.24) is 5.32 Å². The smallest absolute Gasteiger partial charge is 0.416 e. The Morgan fingerprint density at radius 3 is 2.39 bits per heavy atom. The van der Waals surface area contributed by atoms with Crippen LogP contribution in [-0.4, -0.2) is 35.0 Å². The summed E-state index contributed by atoms with van der Waals surface area (Å²) < 4.78 is 55.3. The number of amides is 1. The molecule has 0 radical (unpaired) electrons. The van der Waals surface area contributed by atoms with E-state index < -0.39 is 40.5 Å². The summed E-state index contributed by atoms with van der Waals surface area (Å²) in [7, 11) is -0.280. The maximum absolute atomic E-state index is 12.8. The van der Waals surface area contributed by atoms with E-state index in [2.05, 4.69) is 10.1 Å². The lowest BCUT2D eigenvalue weighted by Gasteiger charge is -2.17. The Labute approximate surface area is 162 Å². The molecule has 0 aromatic heterocycles. The fraction of sp³-hybridized carbons (Fsp3) is 0.263. The van der Waals surface area contributed by atoms with Crippen molar-refractivity contribution in [2.24, 2.45) is 0 Å². The Balaban J connectivity index is 2.08. The molecule has 0 saturated carbocycles. The second-order valence-electron chi connectivity index (χ2n) is 5.78. The molecule has 5 nitrogen and oxygen atoms in total. The largest absolute Gasteiger partial charge is 0.467 e. The first-order valence-corrected chi connectivity index (χ1v) is 9.53. The van der Waals surface area contributed by atoms with E-state index in [1.807, 2.05) is 0 Å². The highest BCUT2D eigenvalue weighted by Gasteiger charge is 2.31. The average Bonchev–Trinajstić information content (AvgIpc) is 2.70. The molecule has 0 heterocycles. The predicted octanol–water partition coefficient (Wildman–Crippen LogP) is 3.17. The number of hydrogen-bond donors (Lipinski definition) is 1. The van der Waals surface area contributed by atoms with Crippen LogP contribution >= 0.6 is 0 Å². The normalized spacial score (nSPS) is 13.4. The van der Waals surface area contributed by atoms with E-state index in [-0.39, 0.29) is 17.7 Å². The van der Waals surface area contributed by atoms with E-state index >= 15 is 0 Å². The number of carbonyl (C=O) groups excluding carboxylic acids is 2. The molecule has 0 saturated heterocycles. The standard InChI is InChI=1S/C19H18F3NO4S/c1-27-18(25)16(10-11-28(26)15-8-3-2-4-9-15)23-17(24)13-6-5-7-14(12-13)19(20,21)22/h2-9,12,16H,10-11H2,1H3,(H,23,24)/t16-,28-/m1/s1. The molecule has 2 rings (SSSR count). The Bertz CT molecular complexity index is 856. The van der Waals surface area contributed by atoms with E-state index in [4.69, 9.17) is 0 Å². The monoisotopic (exact) mass is 413 g/mol. The van der Waals surface area contributed by atoms with Crippen LogP contribution in [0, 0.1) is 0 Å². The van der Waals surface area contributed by atoms with Crippen LogP contribution in [0.3, 0.4) is 0 Å². The van der Waals surface area contributed by atoms with Crippen LogP contribution < -0.4 is 5.32 Å². The molecule has 2 aromatic carbocycles. The third-order valence-electron chi connectivity index (χ3n) is 3.84. The van der Waals surface area contributed by atoms with Crippen molar-refractivity contribution in [1.29, 1.82) is 0 Å². The fourth-order valence-corrected chi connectivity index (χ4v) is 3.53. The molecule has 0 spiro atoms. The highest BCUT2D eigenvalue weighted by atomic mass is 32.2. The summed E-state index contributed by atoms with van der Waals surface area (Å²) in [4.78, 5) is 24.8. The first-order valence-electron chi connectivity index (χ1n) is 8.21. The Morgan fingerprint density at radius 1 is 1.11 bits per heavy atom. The number of methoxy groups -OCH3 is 1. The van der Waals surface area contributed by atoms with Crippen molar-refractivity contribution in [2.45, 2.75) is 23.5 Å². The van der Waals surface area contributed by atoms with Gasteiger partial charge >= 0.3 is 12.1 Å². The van der Waals surface area contributed by atoms with Crippen LogP contribution in [-0.2, 0) is 26.5 Å². The van der Waals surface area contributed by atoms with Gasteiger partial charge in [0.15, 0.2) is 0 Å². The highest BCUT2D eigenvalue weighted by molar-refractivity contribution is 7.85. The minimum atomic E-state index is -4.59. The maximum Gasteiger partial charge on any atom is 0.416 e. The molecule has 1 N–H and O–H groups in total. The SMILES string of the molecule is COC(=O)[C@@H](CC[S@@](=O)c1ccccc1)NC(=O)c1cccc(C(F)(F)F)c1. The zero-order valence-electron chi connectivity index (χ0n) is 14.9. The number of carbonyl (C=O) groups is 2. The molecule has 9 heteroatoms. The maximum atomic E-state index is 12.8. The van der Waals surface area contributed by atoms with Crippen molar-refractivity contribution in [2.75, 3.05) is 12.9 Å². The summed E-state index contributed by atoms with van der Waals surface area (Å²) in [5, 5.41) is 2.35. The minimum absolute atomic E-state index is 0.00111. The van der Waals surface area contributed by atoms with Crippen molar-refractivity contribution in [3.63, 3.8) is 0 Å². The number of hydrogen-bond acceptors (Lipinski definition) is 4. The third kappa shape index (κ3) is 5.91. The van der Waals surface area contributed by atoms with Gasteiger partial charge in [-0.25, -0.2) is 4.79 Å². The second kappa shape index (κ2) is 9.50. The van der Waals surface area contributed by atoms with E-state index in [9.17, 15) is 27.0 Å². The molecule has 0 aliphatic rings. The summed E-state index contributed by atoms with van der Waals surface area (Å²) in [6.45, 7) is 0. The van der Waals surface area contributed by atoms with Gasteiger partial charge in [-0.15, -0.1) is 0 Å².